The Balaban J connectivity index is 2.25. The van der Waals surface area contributed by atoms with Gasteiger partial charge in [-0.25, -0.2) is 0 Å². The average molecular weight is 269 g/mol. The molecule has 5 nitrogen and oxygen atoms in total. The van der Waals surface area contributed by atoms with Crippen LogP contribution in [0.3, 0.4) is 0 Å². The van der Waals surface area contributed by atoms with Gasteiger partial charge < -0.3 is 21.1 Å². The lowest BCUT2D eigenvalue weighted by atomic mass is 10.2. The number of anilines is 2. The second-order valence-corrected chi connectivity index (χ2v) is 5.43. The first-order valence-corrected chi connectivity index (χ1v) is 6.94. The lowest BCUT2D eigenvalue weighted by Gasteiger charge is -2.12. The van der Waals surface area contributed by atoms with E-state index in [4.69, 9.17) is 10.5 Å². The fraction of sp³-hybridized carbons (Fsp3) is 0.583. The Bertz CT molecular complexity index is 439. The quantitative estimate of drug-likeness (QED) is 0.782. The zero-order valence-corrected chi connectivity index (χ0v) is 11.5. The molecule has 0 aromatic carbocycles. The van der Waals surface area contributed by atoms with Crippen molar-refractivity contribution in [1.82, 2.24) is 5.32 Å². The number of nitrogen functional groups attached to an aromatic ring is 1. The van der Waals surface area contributed by atoms with Crippen LogP contribution in [0.15, 0.2) is 0 Å². The van der Waals surface area contributed by atoms with E-state index in [2.05, 4.69) is 10.6 Å². The van der Waals surface area contributed by atoms with Crippen LogP contribution in [-0.2, 0) is 0 Å². The maximum Gasteiger partial charge on any atom is 0.263 e. The minimum absolute atomic E-state index is 0.171. The third kappa shape index (κ3) is 2.38. The van der Waals surface area contributed by atoms with Crippen LogP contribution in [0.25, 0.3) is 0 Å². The summed E-state index contributed by atoms with van der Waals surface area (Å²) in [6.45, 7) is 0. The van der Waals surface area contributed by atoms with Crippen LogP contribution in [0.1, 0.15) is 35.4 Å². The van der Waals surface area contributed by atoms with E-state index < -0.39 is 0 Å². The summed E-state index contributed by atoms with van der Waals surface area (Å²) in [5.74, 6) is 0.417. The van der Waals surface area contributed by atoms with Gasteiger partial charge in [0.25, 0.3) is 5.91 Å². The second-order valence-electron chi connectivity index (χ2n) is 4.41. The number of nitrogens with two attached hydrogens (primary N) is 1. The van der Waals surface area contributed by atoms with Gasteiger partial charge in [-0.3, -0.25) is 4.79 Å². The first kappa shape index (κ1) is 13.0. The Morgan fingerprint density at radius 2 is 2.11 bits per heavy atom. The predicted octanol–water partition coefficient (Wildman–Crippen LogP) is 2.05. The van der Waals surface area contributed by atoms with Gasteiger partial charge in [-0.15, -0.1) is 11.3 Å². The van der Waals surface area contributed by atoms with Gasteiger partial charge in [0.2, 0.25) is 0 Å². The Morgan fingerprint density at radius 1 is 1.44 bits per heavy atom. The number of carbonyl (C=O) groups is 1. The molecule has 1 saturated carbocycles. The molecule has 1 aromatic heterocycles. The number of hydrogen-bond donors (Lipinski definition) is 3. The molecule has 1 aliphatic carbocycles. The molecule has 6 heteroatoms. The van der Waals surface area contributed by atoms with Crippen LogP contribution >= 0.6 is 11.3 Å². The number of methoxy groups -OCH3 is 1. The molecular formula is C12H19N3O2S. The van der Waals surface area contributed by atoms with Gasteiger partial charge in [-0.1, -0.05) is 12.8 Å². The fourth-order valence-electron chi connectivity index (χ4n) is 2.26. The molecule has 1 heterocycles. The molecule has 1 aromatic rings. The highest BCUT2D eigenvalue weighted by Crippen LogP contribution is 2.43. The molecule has 0 aliphatic heterocycles. The van der Waals surface area contributed by atoms with Crippen molar-refractivity contribution in [2.75, 3.05) is 25.2 Å². The molecule has 100 valence electrons. The third-order valence-electron chi connectivity index (χ3n) is 3.23. The van der Waals surface area contributed by atoms with Crippen molar-refractivity contribution in [3.8, 4) is 5.75 Å². The highest BCUT2D eigenvalue weighted by molar-refractivity contribution is 7.19. The van der Waals surface area contributed by atoms with E-state index in [9.17, 15) is 4.79 Å². The van der Waals surface area contributed by atoms with Crippen LogP contribution in [0, 0.1) is 0 Å². The summed E-state index contributed by atoms with van der Waals surface area (Å²) in [5.41, 5.74) is 6.37. The number of ether oxygens (including phenoxy) is 1. The van der Waals surface area contributed by atoms with Crippen molar-refractivity contribution in [1.29, 1.82) is 0 Å². The summed E-state index contributed by atoms with van der Waals surface area (Å²) in [4.78, 5) is 12.2. The molecule has 18 heavy (non-hydrogen) atoms. The molecule has 0 bridgehead atoms. The van der Waals surface area contributed by atoms with Crippen molar-refractivity contribution in [2.24, 2.45) is 0 Å². The van der Waals surface area contributed by atoms with Crippen molar-refractivity contribution in [3.05, 3.63) is 4.88 Å². The molecular weight excluding hydrogens is 250 g/mol. The predicted molar refractivity (Wildman–Crippen MR) is 74.6 cm³/mol. The third-order valence-corrected chi connectivity index (χ3v) is 4.34. The van der Waals surface area contributed by atoms with E-state index in [1.807, 2.05) is 0 Å². The van der Waals surface area contributed by atoms with E-state index in [0.717, 1.165) is 17.8 Å². The van der Waals surface area contributed by atoms with Gasteiger partial charge in [0.15, 0.2) is 5.75 Å². The van der Waals surface area contributed by atoms with Gasteiger partial charge in [0, 0.05) is 13.1 Å². The number of amides is 1. The van der Waals surface area contributed by atoms with E-state index in [1.165, 1.54) is 24.2 Å². The molecule has 1 aliphatic rings. The Labute approximate surface area is 111 Å². The lowest BCUT2D eigenvalue weighted by molar-refractivity contribution is 0.0967. The zero-order chi connectivity index (χ0) is 13.1. The molecule has 4 N–H and O–H groups in total. The highest BCUT2D eigenvalue weighted by Gasteiger charge is 2.24. The number of thiophene rings is 1. The smallest absolute Gasteiger partial charge is 0.263 e. The normalized spacial score (nSPS) is 15.7. The van der Waals surface area contributed by atoms with Crippen LogP contribution in [0.2, 0.25) is 0 Å². The zero-order valence-electron chi connectivity index (χ0n) is 10.7. The van der Waals surface area contributed by atoms with Crippen LogP contribution in [0.4, 0.5) is 10.7 Å². The largest absolute Gasteiger partial charge is 0.492 e. The van der Waals surface area contributed by atoms with Crippen molar-refractivity contribution in [3.63, 3.8) is 0 Å². The maximum absolute atomic E-state index is 11.7. The Morgan fingerprint density at radius 3 is 2.67 bits per heavy atom. The number of hydrogen-bond acceptors (Lipinski definition) is 5. The number of nitrogens with one attached hydrogen (secondary N) is 2. The van der Waals surface area contributed by atoms with Crippen molar-refractivity contribution >= 4 is 27.9 Å². The molecule has 2 rings (SSSR count). The molecule has 0 atom stereocenters. The summed E-state index contributed by atoms with van der Waals surface area (Å²) >= 11 is 1.36. The number of carbonyl (C=O) groups excluding carboxylic acids is 1. The summed E-state index contributed by atoms with van der Waals surface area (Å²) < 4.78 is 5.30. The highest BCUT2D eigenvalue weighted by atomic mass is 32.1. The first-order chi connectivity index (χ1) is 8.67. The summed E-state index contributed by atoms with van der Waals surface area (Å²) in [7, 11) is 3.17. The van der Waals surface area contributed by atoms with Crippen LogP contribution in [-0.4, -0.2) is 26.1 Å². The van der Waals surface area contributed by atoms with E-state index in [-0.39, 0.29) is 5.91 Å². The van der Waals surface area contributed by atoms with Gasteiger partial charge in [0.1, 0.15) is 15.6 Å². The van der Waals surface area contributed by atoms with Gasteiger partial charge in [0.05, 0.1) is 7.11 Å². The maximum atomic E-state index is 11.7. The van der Waals surface area contributed by atoms with Crippen LogP contribution < -0.4 is 21.1 Å². The summed E-state index contributed by atoms with van der Waals surface area (Å²) in [6.07, 6.45) is 4.83. The van der Waals surface area contributed by atoms with Gasteiger partial charge in [-0.2, -0.15) is 0 Å². The minimum Gasteiger partial charge on any atom is -0.492 e. The fourth-order valence-corrected chi connectivity index (χ4v) is 3.38. The van der Waals surface area contributed by atoms with E-state index in [1.54, 1.807) is 14.2 Å². The molecule has 1 amide bonds. The summed E-state index contributed by atoms with van der Waals surface area (Å²) in [6, 6.07) is 0.467. The topological polar surface area (TPSA) is 76.4 Å². The molecule has 1 fully saturated rings. The average Bonchev–Trinajstić information content (AvgIpc) is 2.97. The second kappa shape index (κ2) is 5.48. The summed E-state index contributed by atoms with van der Waals surface area (Å²) in [5, 5.41) is 6.88. The monoisotopic (exact) mass is 269 g/mol. The lowest BCUT2D eigenvalue weighted by Crippen LogP contribution is -2.17. The standard InChI is InChI=1S/C12H19N3O2S/c1-14-11(16)10-8(13)9(17-2)12(18-10)15-7-5-3-4-6-7/h7,15H,3-6,13H2,1-2H3,(H,14,16). The first-order valence-electron chi connectivity index (χ1n) is 6.12. The van der Waals surface area contributed by atoms with E-state index >= 15 is 0 Å². The van der Waals surface area contributed by atoms with Crippen molar-refractivity contribution < 1.29 is 9.53 Å². The molecule has 0 radical (unpaired) electrons. The van der Waals surface area contributed by atoms with Gasteiger partial charge >= 0.3 is 0 Å². The van der Waals surface area contributed by atoms with E-state index in [0.29, 0.717) is 22.4 Å². The Kier molecular flexibility index (Phi) is 3.96. The molecule has 0 spiro atoms. The van der Waals surface area contributed by atoms with Crippen molar-refractivity contribution in [2.45, 2.75) is 31.7 Å². The molecule has 0 unspecified atom stereocenters. The molecule has 0 saturated heterocycles. The Hall–Kier alpha value is -1.43. The minimum atomic E-state index is -0.171. The SMILES string of the molecule is CNC(=O)c1sc(NC2CCCC2)c(OC)c1N. The number of rotatable bonds is 4. The van der Waals surface area contributed by atoms with Gasteiger partial charge in [-0.05, 0) is 12.8 Å². The van der Waals surface area contributed by atoms with Crippen LogP contribution in [0.5, 0.6) is 5.75 Å².